The van der Waals surface area contributed by atoms with Gasteiger partial charge in [0.1, 0.15) is 0 Å². The molecule has 0 rings (SSSR count). The van der Waals surface area contributed by atoms with Gasteiger partial charge in [-0.3, -0.25) is 4.79 Å². The first kappa shape index (κ1) is 10.4. The van der Waals surface area contributed by atoms with E-state index in [1.807, 2.05) is 6.08 Å². The molecule has 1 heteroatoms. The molecule has 0 aromatic heterocycles. The maximum Gasteiger partial charge on any atom is 0.225 e. The van der Waals surface area contributed by atoms with Crippen LogP contribution >= 0.6 is 0 Å². The third-order valence-corrected chi connectivity index (χ3v) is 1.59. The Morgan fingerprint density at radius 2 is 2.09 bits per heavy atom. The van der Waals surface area contributed by atoms with E-state index in [2.05, 4.69) is 13.8 Å². The van der Waals surface area contributed by atoms with E-state index in [0.29, 0.717) is 0 Å². The fourth-order valence-electron chi connectivity index (χ4n) is 0.946. The van der Waals surface area contributed by atoms with Crippen LogP contribution in [0.5, 0.6) is 0 Å². The van der Waals surface area contributed by atoms with Crippen molar-refractivity contribution in [1.82, 2.24) is 0 Å². The molecule has 0 aliphatic rings. The van der Waals surface area contributed by atoms with Gasteiger partial charge >= 0.3 is 0 Å². The molecule has 0 aliphatic carbocycles. The summed E-state index contributed by atoms with van der Waals surface area (Å²) in [5.74, 6) is 0.802. The van der Waals surface area contributed by atoms with Gasteiger partial charge in [0.2, 0.25) is 6.29 Å². The largest absolute Gasteiger partial charge is 0.286 e. The number of unbranched alkanes of at least 4 members (excludes halogenated alkanes) is 2. The summed E-state index contributed by atoms with van der Waals surface area (Å²) < 4.78 is 0. The molecule has 0 bridgehead atoms. The van der Waals surface area contributed by atoms with E-state index in [0.717, 1.165) is 12.3 Å². The average Bonchev–Trinajstić information content (AvgIpc) is 1.96. The van der Waals surface area contributed by atoms with Crippen molar-refractivity contribution in [3.63, 3.8) is 0 Å². The van der Waals surface area contributed by atoms with Crippen LogP contribution in [0.25, 0.3) is 0 Å². The number of hydrogen-bond donors (Lipinski definition) is 0. The Morgan fingerprint density at radius 1 is 1.36 bits per heavy atom. The lowest BCUT2D eigenvalue weighted by atomic mass is 10.1. The number of allylic oxidation sites excluding steroid dienone is 2. The monoisotopic (exact) mass is 153 g/mol. The van der Waals surface area contributed by atoms with Crippen molar-refractivity contribution < 1.29 is 4.79 Å². The fraction of sp³-hybridized carbons (Fsp3) is 0.700. The van der Waals surface area contributed by atoms with Gasteiger partial charge in [0.15, 0.2) is 0 Å². The van der Waals surface area contributed by atoms with Crippen molar-refractivity contribution in [2.24, 2.45) is 5.92 Å². The van der Waals surface area contributed by atoms with Crippen LogP contribution in [0.3, 0.4) is 0 Å². The smallest absolute Gasteiger partial charge is 0.225 e. The van der Waals surface area contributed by atoms with Gasteiger partial charge < -0.3 is 0 Å². The molecule has 0 aromatic rings. The van der Waals surface area contributed by atoms with E-state index in [9.17, 15) is 4.79 Å². The molecule has 0 aliphatic heterocycles. The topological polar surface area (TPSA) is 17.1 Å². The molecule has 0 amide bonds. The van der Waals surface area contributed by atoms with Gasteiger partial charge in [-0.15, -0.1) is 0 Å². The first-order chi connectivity index (χ1) is 5.27. The Kier molecular flexibility index (Phi) is 7.11. The lowest BCUT2D eigenvalue weighted by molar-refractivity contribution is 0.540. The lowest BCUT2D eigenvalue weighted by Gasteiger charge is -2.01. The minimum atomic E-state index is 0.802. The van der Waals surface area contributed by atoms with Crippen LogP contribution in [0, 0.1) is 5.92 Å². The Bertz CT molecular complexity index is 114. The molecule has 63 valence electrons. The zero-order valence-corrected chi connectivity index (χ0v) is 7.47. The molecular weight excluding hydrogens is 136 g/mol. The van der Waals surface area contributed by atoms with Gasteiger partial charge in [-0.25, -0.2) is 0 Å². The van der Waals surface area contributed by atoms with E-state index in [-0.39, 0.29) is 0 Å². The van der Waals surface area contributed by atoms with Crippen LogP contribution in [-0.4, -0.2) is 6.29 Å². The zero-order valence-electron chi connectivity index (χ0n) is 7.47. The van der Waals surface area contributed by atoms with E-state index < -0.39 is 0 Å². The lowest BCUT2D eigenvalue weighted by Crippen LogP contribution is -1.85. The summed E-state index contributed by atoms with van der Waals surface area (Å²) in [6, 6.07) is 0. The van der Waals surface area contributed by atoms with Crippen LogP contribution in [0.2, 0.25) is 0 Å². The standard InChI is InChI=1S/C10H17O/c1-10(2)8-6-4-3-5-7-9-11/h5,7,10H,3-4,6,8H2,1-2H3. The van der Waals surface area contributed by atoms with Crippen LogP contribution in [0.15, 0.2) is 12.2 Å². The molecular formula is C10H17O. The molecule has 0 fully saturated rings. The van der Waals surface area contributed by atoms with Gasteiger partial charge in [0.05, 0.1) is 0 Å². The second kappa shape index (κ2) is 7.52. The summed E-state index contributed by atoms with van der Waals surface area (Å²) >= 11 is 0. The molecule has 1 nitrogen and oxygen atoms in total. The fourth-order valence-corrected chi connectivity index (χ4v) is 0.946. The Labute approximate surface area is 69.5 Å². The molecule has 0 N–H and O–H groups in total. The van der Waals surface area contributed by atoms with Crippen molar-refractivity contribution in [1.29, 1.82) is 0 Å². The van der Waals surface area contributed by atoms with Crippen LogP contribution in [0.4, 0.5) is 0 Å². The first-order valence-corrected chi connectivity index (χ1v) is 4.30. The SMILES string of the molecule is CC(C)CCCCC=C[C]=O. The number of rotatable bonds is 6. The highest BCUT2D eigenvalue weighted by atomic mass is 16.1. The van der Waals surface area contributed by atoms with Gasteiger partial charge in [-0.1, -0.05) is 32.8 Å². The summed E-state index contributed by atoms with van der Waals surface area (Å²) in [6.07, 6.45) is 9.83. The third-order valence-electron chi connectivity index (χ3n) is 1.59. The minimum Gasteiger partial charge on any atom is -0.286 e. The van der Waals surface area contributed by atoms with E-state index >= 15 is 0 Å². The summed E-state index contributed by atoms with van der Waals surface area (Å²) in [5.41, 5.74) is 0. The van der Waals surface area contributed by atoms with Crippen molar-refractivity contribution >= 4 is 6.29 Å². The highest BCUT2D eigenvalue weighted by Gasteiger charge is 1.91. The number of carbonyl (C=O) groups excluding carboxylic acids is 1. The Hall–Kier alpha value is -0.590. The second-order valence-corrected chi connectivity index (χ2v) is 3.20. The molecule has 0 atom stereocenters. The molecule has 11 heavy (non-hydrogen) atoms. The van der Waals surface area contributed by atoms with Gasteiger partial charge in [0.25, 0.3) is 0 Å². The van der Waals surface area contributed by atoms with Crippen molar-refractivity contribution in [2.45, 2.75) is 39.5 Å². The van der Waals surface area contributed by atoms with Gasteiger partial charge in [-0.05, 0) is 24.8 Å². The summed E-state index contributed by atoms with van der Waals surface area (Å²) in [7, 11) is 0. The predicted molar refractivity (Wildman–Crippen MR) is 48.1 cm³/mol. The molecule has 0 spiro atoms. The van der Waals surface area contributed by atoms with E-state index in [1.165, 1.54) is 25.3 Å². The summed E-state index contributed by atoms with van der Waals surface area (Å²) in [4.78, 5) is 9.73. The predicted octanol–water partition coefficient (Wildman–Crippen LogP) is 2.87. The molecule has 0 heterocycles. The summed E-state index contributed by atoms with van der Waals surface area (Å²) in [6.45, 7) is 4.46. The molecule has 0 aromatic carbocycles. The van der Waals surface area contributed by atoms with Crippen molar-refractivity contribution in [3.05, 3.63) is 12.2 Å². The third kappa shape index (κ3) is 9.41. The van der Waals surface area contributed by atoms with Crippen molar-refractivity contribution in [2.75, 3.05) is 0 Å². The van der Waals surface area contributed by atoms with Crippen LogP contribution in [-0.2, 0) is 4.79 Å². The maximum absolute atomic E-state index is 9.73. The zero-order chi connectivity index (χ0) is 8.53. The van der Waals surface area contributed by atoms with Crippen molar-refractivity contribution in [3.8, 4) is 0 Å². The summed E-state index contributed by atoms with van der Waals surface area (Å²) in [5, 5.41) is 0. The normalized spacial score (nSPS) is 11.2. The second-order valence-electron chi connectivity index (χ2n) is 3.20. The highest BCUT2D eigenvalue weighted by molar-refractivity contribution is 5.65. The van der Waals surface area contributed by atoms with Gasteiger partial charge in [0, 0.05) is 0 Å². The molecule has 0 saturated heterocycles. The maximum atomic E-state index is 9.73. The Morgan fingerprint density at radius 3 is 2.64 bits per heavy atom. The van der Waals surface area contributed by atoms with E-state index in [4.69, 9.17) is 0 Å². The van der Waals surface area contributed by atoms with E-state index in [1.54, 1.807) is 6.29 Å². The molecule has 0 unspecified atom stereocenters. The first-order valence-electron chi connectivity index (χ1n) is 4.30. The molecule has 1 radical (unpaired) electrons. The quantitative estimate of drug-likeness (QED) is 0.423. The highest BCUT2D eigenvalue weighted by Crippen LogP contribution is 2.07. The number of hydrogen-bond acceptors (Lipinski definition) is 1. The van der Waals surface area contributed by atoms with Gasteiger partial charge in [-0.2, -0.15) is 0 Å². The molecule has 0 saturated carbocycles. The average molecular weight is 153 g/mol. The van der Waals surface area contributed by atoms with Crippen LogP contribution in [0.1, 0.15) is 39.5 Å². The Balaban J connectivity index is 3.02. The minimum absolute atomic E-state index is 0.802. The van der Waals surface area contributed by atoms with Crippen LogP contribution < -0.4 is 0 Å².